The quantitative estimate of drug-likeness (QED) is 0.764. The van der Waals surface area contributed by atoms with E-state index in [4.69, 9.17) is 16.9 Å². The maximum atomic E-state index is 12.7. The highest BCUT2D eigenvalue weighted by molar-refractivity contribution is 6.35. The van der Waals surface area contributed by atoms with E-state index in [1.54, 1.807) is 36.2 Å². The number of hydrogen-bond donors (Lipinski definition) is 2. The summed E-state index contributed by atoms with van der Waals surface area (Å²) >= 11 is 6.59. The Balaban J connectivity index is 0.00000124. The van der Waals surface area contributed by atoms with E-state index in [2.05, 4.69) is 15.2 Å². The lowest BCUT2D eigenvalue weighted by Crippen LogP contribution is -2.41. The summed E-state index contributed by atoms with van der Waals surface area (Å²) in [6.07, 6.45) is 2.17. The number of rotatable bonds is 3. The van der Waals surface area contributed by atoms with Crippen molar-refractivity contribution in [1.29, 1.82) is 5.26 Å². The first-order chi connectivity index (χ1) is 14.5. The van der Waals surface area contributed by atoms with Gasteiger partial charge in [0.1, 0.15) is 0 Å². The lowest BCUT2D eigenvalue weighted by atomic mass is 10.2. The SMILES string of the molecule is CC.CNC(=O)c1c(Cl)c(C2CC2)n2c1CN(C(=O)Nc1ccc(C#N)cc1)CC2. The third-order valence-corrected chi connectivity index (χ3v) is 5.64. The second-order valence-electron chi connectivity index (χ2n) is 7.07. The average molecular weight is 428 g/mol. The van der Waals surface area contributed by atoms with Crippen LogP contribution >= 0.6 is 11.6 Å². The van der Waals surface area contributed by atoms with Crippen LogP contribution in [-0.2, 0) is 13.1 Å². The van der Waals surface area contributed by atoms with Gasteiger partial charge in [-0.1, -0.05) is 25.4 Å². The molecule has 0 saturated heterocycles. The van der Waals surface area contributed by atoms with Crippen molar-refractivity contribution in [3.05, 3.63) is 51.8 Å². The Morgan fingerprint density at radius 3 is 2.40 bits per heavy atom. The molecular formula is C22H26ClN5O2. The summed E-state index contributed by atoms with van der Waals surface area (Å²) in [7, 11) is 1.58. The first kappa shape index (κ1) is 21.7. The zero-order valence-corrected chi connectivity index (χ0v) is 18.2. The van der Waals surface area contributed by atoms with Crippen LogP contribution in [0.4, 0.5) is 10.5 Å². The van der Waals surface area contributed by atoms with Gasteiger partial charge in [0.05, 0.1) is 34.5 Å². The molecule has 0 spiro atoms. The Hall–Kier alpha value is -2.98. The second kappa shape index (κ2) is 9.23. The van der Waals surface area contributed by atoms with Gasteiger partial charge in [-0.2, -0.15) is 5.26 Å². The predicted octanol–water partition coefficient (Wildman–Crippen LogP) is 4.32. The Labute approximate surface area is 181 Å². The van der Waals surface area contributed by atoms with Crippen LogP contribution in [0.15, 0.2) is 24.3 Å². The van der Waals surface area contributed by atoms with E-state index in [0.29, 0.717) is 47.4 Å². The van der Waals surface area contributed by atoms with Crippen molar-refractivity contribution in [3.8, 4) is 6.07 Å². The van der Waals surface area contributed by atoms with Crippen LogP contribution in [0.3, 0.4) is 0 Å². The minimum Gasteiger partial charge on any atom is -0.355 e. The number of halogens is 1. The Morgan fingerprint density at radius 1 is 1.17 bits per heavy atom. The van der Waals surface area contributed by atoms with E-state index < -0.39 is 0 Å². The van der Waals surface area contributed by atoms with Crippen molar-refractivity contribution in [1.82, 2.24) is 14.8 Å². The van der Waals surface area contributed by atoms with Crippen molar-refractivity contribution in [2.45, 2.75) is 45.7 Å². The molecular weight excluding hydrogens is 402 g/mol. The van der Waals surface area contributed by atoms with Gasteiger partial charge in [0, 0.05) is 37.4 Å². The molecule has 1 aromatic carbocycles. The Kier molecular flexibility index (Phi) is 6.68. The molecule has 1 aliphatic heterocycles. The number of nitrogens with zero attached hydrogens (tertiary/aromatic N) is 3. The molecule has 1 fully saturated rings. The van der Waals surface area contributed by atoms with Crippen molar-refractivity contribution < 1.29 is 9.59 Å². The number of nitriles is 1. The van der Waals surface area contributed by atoms with Gasteiger partial charge >= 0.3 is 6.03 Å². The lowest BCUT2D eigenvalue weighted by molar-refractivity contribution is 0.0960. The third kappa shape index (κ3) is 4.14. The standard InChI is InChI=1S/C20H20ClN5O2.C2H6/c1-23-19(27)16-15-11-25(8-9-26(15)18(17(16)21)13-4-5-13)20(28)24-14-6-2-12(10-22)3-7-14;1-2/h2-3,6-7,13H,4-5,8-9,11H2,1H3,(H,23,27)(H,24,28);1-2H3. The Bertz CT molecular complexity index is 986. The van der Waals surface area contributed by atoms with Gasteiger partial charge in [-0.15, -0.1) is 0 Å². The molecule has 1 aromatic heterocycles. The largest absolute Gasteiger partial charge is 0.355 e. The molecule has 2 heterocycles. The molecule has 4 rings (SSSR count). The summed E-state index contributed by atoms with van der Waals surface area (Å²) < 4.78 is 2.12. The number of urea groups is 1. The normalized spacial score (nSPS) is 14.7. The Morgan fingerprint density at radius 2 is 1.83 bits per heavy atom. The van der Waals surface area contributed by atoms with E-state index in [-0.39, 0.29) is 11.9 Å². The highest BCUT2D eigenvalue weighted by Crippen LogP contribution is 2.47. The van der Waals surface area contributed by atoms with Gasteiger partial charge in [-0.05, 0) is 37.1 Å². The zero-order valence-electron chi connectivity index (χ0n) is 17.5. The number of nitrogens with one attached hydrogen (secondary N) is 2. The van der Waals surface area contributed by atoms with Crippen molar-refractivity contribution in [2.24, 2.45) is 0 Å². The van der Waals surface area contributed by atoms with Crippen LogP contribution in [0.5, 0.6) is 0 Å². The molecule has 7 nitrogen and oxygen atoms in total. The molecule has 2 aromatic rings. The van der Waals surface area contributed by atoms with E-state index >= 15 is 0 Å². The number of benzene rings is 1. The van der Waals surface area contributed by atoms with Crippen molar-refractivity contribution in [3.63, 3.8) is 0 Å². The first-order valence-electron chi connectivity index (χ1n) is 10.2. The van der Waals surface area contributed by atoms with Crippen LogP contribution in [0.25, 0.3) is 0 Å². The molecule has 0 unspecified atom stereocenters. The minimum atomic E-state index is -0.246. The predicted molar refractivity (Wildman–Crippen MR) is 117 cm³/mol. The number of carbonyl (C=O) groups is 2. The fourth-order valence-corrected chi connectivity index (χ4v) is 4.12. The molecule has 0 bridgehead atoms. The summed E-state index contributed by atoms with van der Waals surface area (Å²) in [6, 6.07) is 8.50. The van der Waals surface area contributed by atoms with E-state index in [1.807, 2.05) is 19.9 Å². The van der Waals surface area contributed by atoms with Gasteiger partial charge in [0.2, 0.25) is 0 Å². The first-order valence-corrected chi connectivity index (χ1v) is 10.6. The molecule has 0 radical (unpaired) electrons. The van der Waals surface area contributed by atoms with Crippen molar-refractivity contribution >= 4 is 29.2 Å². The number of carbonyl (C=O) groups excluding carboxylic acids is 2. The van der Waals surface area contributed by atoms with Crippen LogP contribution in [0, 0.1) is 11.3 Å². The molecule has 1 aliphatic carbocycles. The van der Waals surface area contributed by atoms with E-state index in [9.17, 15) is 9.59 Å². The number of hydrogen-bond acceptors (Lipinski definition) is 3. The molecule has 8 heteroatoms. The highest BCUT2D eigenvalue weighted by atomic mass is 35.5. The van der Waals surface area contributed by atoms with Gasteiger partial charge in [-0.25, -0.2) is 4.79 Å². The minimum absolute atomic E-state index is 0.227. The lowest BCUT2D eigenvalue weighted by Gasteiger charge is -2.30. The molecule has 0 atom stereocenters. The third-order valence-electron chi connectivity index (χ3n) is 5.25. The molecule has 2 aliphatic rings. The van der Waals surface area contributed by atoms with E-state index in [1.165, 1.54) is 0 Å². The van der Waals surface area contributed by atoms with Gasteiger partial charge < -0.3 is 20.1 Å². The van der Waals surface area contributed by atoms with Gasteiger partial charge in [-0.3, -0.25) is 4.79 Å². The summed E-state index contributed by atoms with van der Waals surface area (Å²) in [4.78, 5) is 26.8. The van der Waals surface area contributed by atoms with Crippen molar-refractivity contribution in [2.75, 3.05) is 18.9 Å². The van der Waals surface area contributed by atoms with Crippen LogP contribution in [0.2, 0.25) is 5.02 Å². The number of amides is 3. The maximum Gasteiger partial charge on any atom is 0.322 e. The summed E-state index contributed by atoms with van der Waals surface area (Å²) in [6.45, 7) is 5.46. The van der Waals surface area contributed by atoms with Crippen LogP contribution in [0.1, 0.15) is 59.9 Å². The summed E-state index contributed by atoms with van der Waals surface area (Å²) in [5, 5.41) is 14.9. The van der Waals surface area contributed by atoms with Gasteiger partial charge in [0.25, 0.3) is 5.91 Å². The summed E-state index contributed by atoms with van der Waals surface area (Å²) in [5.41, 5.74) is 3.44. The fourth-order valence-electron chi connectivity index (χ4n) is 3.67. The van der Waals surface area contributed by atoms with Crippen LogP contribution in [-0.4, -0.2) is 35.0 Å². The zero-order chi connectivity index (χ0) is 21.8. The summed E-state index contributed by atoms with van der Waals surface area (Å²) in [5.74, 6) is 0.179. The topological polar surface area (TPSA) is 90.2 Å². The monoisotopic (exact) mass is 427 g/mol. The maximum absolute atomic E-state index is 12.7. The molecule has 2 N–H and O–H groups in total. The smallest absolute Gasteiger partial charge is 0.322 e. The number of aromatic nitrogens is 1. The number of anilines is 1. The molecule has 30 heavy (non-hydrogen) atoms. The highest BCUT2D eigenvalue weighted by Gasteiger charge is 2.37. The van der Waals surface area contributed by atoms with Gasteiger partial charge in [0.15, 0.2) is 0 Å². The molecule has 1 saturated carbocycles. The molecule has 158 valence electrons. The second-order valence-corrected chi connectivity index (χ2v) is 7.44. The van der Waals surface area contributed by atoms with Crippen LogP contribution < -0.4 is 10.6 Å². The molecule has 3 amide bonds. The average Bonchev–Trinajstić information content (AvgIpc) is 3.57. The van der Waals surface area contributed by atoms with E-state index in [0.717, 1.165) is 24.2 Å². The number of fused-ring (bicyclic) bond motifs is 1. The fraction of sp³-hybridized carbons (Fsp3) is 0.409.